The predicted molar refractivity (Wildman–Crippen MR) is 114 cm³/mol. The number of halogens is 3. The van der Waals surface area contributed by atoms with Gasteiger partial charge in [-0.2, -0.15) is 8.78 Å². The molecule has 2 rings (SSSR count). The minimum Gasteiger partial charge on any atom is -0.497 e. The topological polar surface area (TPSA) is 66.4 Å². The number of guanidine groups is 1. The summed E-state index contributed by atoms with van der Waals surface area (Å²) in [4.78, 5) is 19.9. The zero-order chi connectivity index (χ0) is 19.8. The van der Waals surface area contributed by atoms with Gasteiger partial charge in [0.05, 0.1) is 13.7 Å². The number of nitrogens with one attached hydrogen (secondary N) is 1. The smallest absolute Gasteiger partial charge is 0.387 e. The standard InChI is InChI=1S/C18H26F2N4O3.HI/c1-4-21-18(24-9-7-23(8-10-24)13(2)25)22-12-14-5-6-15(26-3)11-16(14)27-17(19)20;/h5-6,11,17H,4,7-10,12H2,1-3H3,(H,21,22);1H. The Morgan fingerprint density at radius 3 is 2.43 bits per heavy atom. The van der Waals surface area contributed by atoms with Crippen LogP contribution in [0.25, 0.3) is 0 Å². The number of carbonyl (C=O) groups excluding carboxylic acids is 1. The molecule has 1 fully saturated rings. The van der Waals surface area contributed by atoms with Crippen molar-refractivity contribution in [2.75, 3.05) is 39.8 Å². The Hall–Kier alpha value is -1.85. The van der Waals surface area contributed by atoms with Crippen molar-refractivity contribution in [1.29, 1.82) is 0 Å². The van der Waals surface area contributed by atoms with E-state index in [1.165, 1.54) is 13.2 Å². The summed E-state index contributed by atoms with van der Waals surface area (Å²) in [5, 5.41) is 3.21. The number of ether oxygens (including phenoxy) is 2. The fourth-order valence-electron chi connectivity index (χ4n) is 2.82. The molecule has 0 bridgehead atoms. The van der Waals surface area contributed by atoms with Crippen molar-refractivity contribution >= 4 is 35.8 Å². The maximum absolute atomic E-state index is 12.7. The van der Waals surface area contributed by atoms with E-state index in [-0.39, 0.29) is 42.2 Å². The molecule has 1 saturated heterocycles. The Balaban J connectivity index is 0.00000392. The zero-order valence-electron chi connectivity index (χ0n) is 16.3. The number of hydrogen-bond donors (Lipinski definition) is 1. The van der Waals surface area contributed by atoms with Crippen LogP contribution in [0.5, 0.6) is 11.5 Å². The number of alkyl halides is 2. The Morgan fingerprint density at radius 2 is 1.89 bits per heavy atom. The molecular formula is C18H27F2IN4O3. The highest BCUT2D eigenvalue weighted by Gasteiger charge is 2.21. The van der Waals surface area contributed by atoms with Gasteiger partial charge in [0.25, 0.3) is 0 Å². The molecule has 0 atom stereocenters. The minimum atomic E-state index is -2.92. The van der Waals surface area contributed by atoms with E-state index >= 15 is 0 Å². The van der Waals surface area contributed by atoms with Crippen LogP contribution in [0.15, 0.2) is 23.2 Å². The molecule has 0 saturated carbocycles. The largest absolute Gasteiger partial charge is 0.497 e. The van der Waals surface area contributed by atoms with E-state index in [0.717, 1.165) is 0 Å². The van der Waals surface area contributed by atoms with Crippen LogP contribution in [0, 0.1) is 0 Å². The van der Waals surface area contributed by atoms with Gasteiger partial charge in [-0.25, -0.2) is 4.99 Å². The van der Waals surface area contributed by atoms with E-state index in [9.17, 15) is 13.6 Å². The lowest BCUT2D eigenvalue weighted by atomic mass is 10.2. The number of amides is 1. The Morgan fingerprint density at radius 1 is 1.25 bits per heavy atom. The summed E-state index contributed by atoms with van der Waals surface area (Å²) in [6.07, 6.45) is 0. The van der Waals surface area contributed by atoms with Crippen molar-refractivity contribution in [3.05, 3.63) is 23.8 Å². The van der Waals surface area contributed by atoms with Crippen LogP contribution in [0.2, 0.25) is 0 Å². The number of piperazine rings is 1. The summed E-state index contributed by atoms with van der Waals surface area (Å²) in [7, 11) is 1.46. The third kappa shape index (κ3) is 6.95. The molecule has 1 aliphatic rings. The summed E-state index contributed by atoms with van der Waals surface area (Å²) in [6, 6.07) is 4.77. The third-order valence-electron chi connectivity index (χ3n) is 4.25. The molecule has 10 heteroatoms. The number of methoxy groups -OCH3 is 1. The Bertz CT molecular complexity index is 668. The number of rotatable bonds is 6. The second-order valence-corrected chi connectivity index (χ2v) is 6.02. The second kappa shape index (κ2) is 11.9. The molecule has 0 unspecified atom stereocenters. The van der Waals surface area contributed by atoms with Gasteiger partial charge >= 0.3 is 6.61 Å². The van der Waals surface area contributed by atoms with Gasteiger partial charge in [-0.1, -0.05) is 0 Å². The molecule has 0 radical (unpaired) electrons. The zero-order valence-corrected chi connectivity index (χ0v) is 18.6. The Labute approximate surface area is 181 Å². The lowest BCUT2D eigenvalue weighted by Gasteiger charge is -2.36. The highest BCUT2D eigenvalue weighted by Crippen LogP contribution is 2.27. The second-order valence-electron chi connectivity index (χ2n) is 6.02. The SMILES string of the molecule is CCNC(=NCc1ccc(OC)cc1OC(F)F)N1CCN(C(C)=O)CC1.I. The highest BCUT2D eigenvalue weighted by atomic mass is 127. The van der Waals surface area contributed by atoms with Gasteiger partial charge in [0, 0.05) is 51.3 Å². The van der Waals surface area contributed by atoms with Gasteiger partial charge in [-0.15, -0.1) is 24.0 Å². The monoisotopic (exact) mass is 512 g/mol. The number of nitrogens with zero attached hydrogens (tertiary/aromatic N) is 3. The maximum atomic E-state index is 12.7. The molecule has 0 aromatic heterocycles. The quantitative estimate of drug-likeness (QED) is 0.361. The first kappa shape index (κ1) is 24.2. The minimum absolute atomic E-state index is 0. The highest BCUT2D eigenvalue weighted by molar-refractivity contribution is 14.0. The molecular weight excluding hydrogens is 485 g/mol. The van der Waals surface area contributed by atoms with Crippen molar-refractivity contribution in [2.24, 2.45) is 4.99 Å². The van der Waals surface area contributed by atoms with Crippen LogP contribution < -0.4 is 14.8 Å². The fraction of sp³-hybridized carbons (Fsp3) is 0.556. The van der Waals surface area contributed by atoms with Gasteiger partial charge in [-0.05, 0) is 19.1 Å². The summed E-state index contributed by atoms with van der Waals surface area (Å²) in [6.45, 7) is 4.03. The van der Waals surface area contributed by atoms with Crippen LogP contribution in [0.1, 0.15) is 19.4 Å². The lowest BCUT2D eigenvalue weighted by molar-refractivity contribution is -0.130. The average molecular weight is 512 g/mol. The van der Waals surface area contributed by atoms with E-state index < -0.39 is 6.61 Å². The van der Waals surface area contributed by atoms with E-state index in [2.05, 4.69) is 19.9 Å². The molecule has 1 heterocycles. The van der Waals surface area contributed by atoms with E-state index in [1.54, 1.807) is 24.0 Å². The van der Waals surface area contributed by atoms with E-state index in [4.69, 9.17) is 4.74 Å². The molecule has 158 valence electrons. The molecule has 7 nitrogen and oxygen atoms in total. The van der Waals surface area contributed by atoms with Crippen molar-refractivity contribution in [1.82, 2.24) is 15.1 Å². The number of aliphatic imine (C=N–C) groups is 1. The molecule has 1 aromatic carbocycles. The summed E-state index contributed by atoms with van der Waals surface area (Å²) in [5.41, 5.74) is 0.536. The van der Waals surface area contributed by atoms with E-state index in [0.29, 0.717) is 50.0 Å². The molecule has 0 aliphatic carbocycles. The van der Waals surface area contributed by atoms with Crippen molar-refractivity contribution in [3.8, 4) is 11.5 Å². The first-order valence-corrected chi connectivity index (χ1v) is 8.85. The summed E-state index contributed by atoms with van der Waals surface area (Å²) in [5.74, 6) is 1.22. The number of benzene rings is 1. The van der Waals surface area contributed by atoms with Crippen molar-refractivity contribution in [2.45, 2.75) is 27.0 Å². The Kier molecular flexibility index (Phi) is 10.3. The average Bonchev–Trinajstić information content (AvgIpc) is 2.65. The van der Waals surface area contributed by atoms with Crippen molar-refractivity contribution in [3.63, 3.8) is 0 Å². The normalized spacial score (nSPS) is 14.6. The molecule has 1 aliphatic heterocycles. The molecule has 1 aromatic rings. The van der Waals surface area contributed by atoms with Crippen LogP contribution in [-0.4, -0.2) is 68.1 Å². The van der Waals surface area contributed by atoms with Crippen LogP contribution in [0.4, 0.5) is 8.78 Å². The van der Waals surface area contributed by atoms with Gasteiger partial charge in [0.1, 0.15) is 11.5 Å². The number of hydrogen-bond acceptors (Lipinski definition) is 4. The molecule has 0 spiro atoms. The van der Waals surface area contributed by atoms with Crippen LogP contribution in [0.3, 0.4) is 0 Å². The molecule has 28 heavy (non-hydrogen) atoms. The van der Waals surface area contributed by atoms with Gasteiger partial charge in [0.15, 0.2) is 5.96 Å². The predicted octanol–water partition coefficient (Wildman–Crippen LogP) is 2.54. The van der Waals surface area contributed by atoms with Crippen molar-refractivity contribution < 1.29 is 23.0 Å². The summed E-state index contributed by atoms with van der Waals surface area (Å²) < 4.78 is 35.1. The van der Waals surface area contributed by atoms with Crippen LogP contribution in [-0.2, 0) is 11.3 Å². The maximum Gasteiger partial charge on any atom is 0.387 e. The number of carbonyl (C=O) groups is 1. The van der Waals surface area contributed by atoms with E-state index in [1.807, 2.05) is 6.92 Å². The first-order valence-electron chi connectivity index (χ1n) is 8.85. The molecule has 1 amide bonds. The third-order valence-corrected chi connectivity index (χ3v) is 4.25. The summed E-state index contributed by atoms with van der Waals surface area (Å²) >= 11 is 0. The molecule has 1 N–H and O–H groups in total. The van der Waals surface area contributed by atoms with Gasteiger partial charge < -0.3 is 24.6 Å². The van der Waals surface area contributed by atoms with Crippen LogP contribution >= 0.6 is 24.0 Å². The first-order chi connectivity index (χ1) is 12.9. The fourth-order valence-corrected chi connectivity index (χ4v) is 2.82. The van der Waals surface area contributed by atoms with Gasteiger partial charge in [0.2, 0.25) is 5.91 Å². The van der Waals surface area contributed by atoms with Gasteiger partial charge in [-0.3, -0.25) is 4.79 Å². The lowest BCUT2D eigenvalue weighted by Crippen LogP contribution is -2.53.